The molecule has 0 aliphatic rings. The number of nitrogen functional groups attached to an aromatic ring is 2. The van der Waals surface area contributed by atoms with E-state index in [2.05, 4.69) is 9.68 Å². The van der Waals surface area contributed by atoms with E-state index in [9.17, 15) is 4.79 Å². The van der Waals surface area contributed by atoms with E-state index in [4.69, 9.17) is 11.6 Å². The zero-order valence-electron chi connectivity index (χ0n) is 5.92. The van der Waals surface area contributed by atoms with Crippen molar-refractivity contribution in [1.82, 2.24) is 10.6 Å². The summed E-state index contributed by atoms with van der Waals surface area (Å²) in [5.74, 6) is 4.35. The van der Waals surface area contributed by atoms with Crippen LogP contribution in [-0.2, 0) is 0 Å². The molecule has 0 spiro atoms. The van der Waals surface area contributed by atoms with Gasteiger partial charge in [-0.05, 0) is 6.92 Å². The maximum absolute atomic E-state index is 10.9. The summed E-state index contributed by atoms with van der Waals surface area (Å²) in [5, 5.41) is 3.47. The fraction of sp³-hybridized carbons (Fsp3) is 0.200. The Morgan fingerprint density at radius 1 is 1.73 bits per heavy atom. The third kappa shape index (κ3) is 1.15. The molecule has 1 heterocycles. The van der Waals surface area contributed by atoms with Crippen LogP contribution in [0.5, 0.6) is 0 Å². The average molecular weight is 156 g/mol. The molecule has 1 aromatic heterocycles. The number of nitrogens with one attached hydrogen (secondary N) is 1. The summed E-state index contributed by atoms with van der Waals surface area (Å²) >= 11 is 0. The van der Waals surface area contributed by atoms with Gasteiger partial charge in [0.05, 0.1) is 5.69 Å². The van der Waals surface area contributed by atoms with Gasteiger partial charge >= 0.3 is 0 Å². The molecule has 6 nitrogen and oxygen atoms in total. The van der Waals surface area contributed by atoms with Gasteiger partial charge in [-0.15, -0.1) is 0 Å². The minimum absolute atomic E-state index is 0.0227. The first kappa shape index (κ1) is 7.55. The normalized spacial score (nSPS) is 9.64. The van der Waals surface area contributed by atoms with Crippen LogP contribution in [0.1, 0.15) is 16.1 Å². The molecule has 0 aliphatic carbocycles. The van der Waals surface area contributed by atoms with E-state index < -0.39 is 5.91 Å². The number of nitrogens with zero attached hydrogens (tertiary/aromatic N) is 1. The molecule has 0 aliphatic heterocycles. The van der Waals surface area contributed by atoms with E-state index in [-0.39, 0.29) is 11.4 Å². The van der Waals surface area contributed by atoms with Crippen LogP contribution in [0.3, 0.4) is 0 Å². The SMILES string of the molecule is Cc1noc(N)c1C(=O)NN. The Labute approximate surface area is 62.5 Å². The first-order valence-electron chi connectivity index (χ1n) is 2.89. The number of amides is 1. The van der Waals surface area contributed by atoms with E-state index in [1.807, 2.05) is 5.43 Å². The molecule has 1 amide bonds. The summed E-state index contributed by atoms with van der Waals surface area (Å²) in [7, 11) is 0. The lowest BCUT2D eigenvalue weighted by molar-refractivity contribution is 0.0953. The Balaban J connectivity index is 3.10. The fourth-order valence-corrected chi connectivity index (χ4v) is 0.736. The van der Waals surface area contributed by atoms with Crippen molar-refractivity contribution < 1.29 is 9.32 Å². The van der Waals surface area contributed by atoms with E-state index in [1.54, 1.807) is 6.92 Å². The predicted molar refractivity (Wildman–Crippen MR) is 37.3 cm³/mol. The number of hydrogen-bond donors (Lipinski definition) is 3. The molecular weight excluding hydrogens is 148 g/mol. The van der Waals surface area contributed by atoms with Gasteiger partial charge in [0, 0.05) is 0 Å². The molecule has 1 rings (SSSR count). The number of carbonyl (C=O) groups is 1. The third-order valence-electron chi connectivity index (χ3n) is 1.25. The van der Waals surface area contributed by atoms with Crippen LogP contribution in [0.2, 0.25) is 0 Å². The monoisotopic (exact) mass is 156 g/mol. The first-order chi connectivity index (χ1) is 5.16. The molecule has 0 bridgehead atoms. The lowest BCUT2D eigenvalue weighted by atomic mass is 10.2. The zero-order valence-corrected chi connectivity index (χ0v) is 5.92. The van der Waals surface area contributed by atoms with Crippen LogP contribution in [0.25, 0.3) is 0 Å². The average Bonchev–Trinajstić information content (AvgIpc) is 2.30. The predicted octanol–water partition coefficient (Wildman–Crippen LogP) is -0.831. The molecule has 0 fully saturated rings. The van der Waals surface area contributed by atoms with Crippen LogP contribution in [-0.4, -0.2) is 11.1 Å². The number of anilines is 1. The highest BCUT2D eigenvalue weighted by Crippen LogP contribution is 2.14. The number of hydrogen-bond acceptors (Lipinski definition) is 5. The largest absolute Gasteiger partial charge is 0.367 e. The molecule has 0 saturated carbocycles. The van der Waals surface area contributed by atoms with Crippen LogP contribution < -0.4 is 17.0 Å². The molecule has 0 aromatic carbocycles. The summed E-state index contributed by atoms with van der Waals surface area (Å²) in [5.41, 5.74) is 7.81. The first-order valence-corrected chi connectivity index (χ1v) is 2.89. The number of aryl methyl sites for hydroxylation is 1. The van der Waals surface area contributed by atoms with Crippen molar-refractivity contribution in [2.24, 2.45) is 5.84 Å². The number of aromatic nitrogens is 1. The van der Waals surface area contributed by atoms with Crippen molar-refractivity contribution in [2.75, 3.05) is 5.73 Å². The van der Waals surface area contributed by atoms with Gasteiger partial charge in [-0.3, -0.25) is 10.2 Å². The maximum atomic E-state index is 10.9. The number of carbonyl (C=O) groups excluding carboxylic acids is 1. The van der Waals surface area contributed by atoms with Gasteiger partial charge in [-0.1, -0.05) is 5.16 Å². The smallest absolute Gasteiger partial charge is 0.272 e. The third-order valence-corrected chi connectivity index (χ3v) is 1.25. The molecule has 1 aromatic rings. The Bertz CT molecular complexity index is 261. The fourth-order valence-electron chi connectivity index (χ4n) is 0.736. The Morgan fingerprint density at radius 3 is 2.73 bits per heavy atom. The summed E-state index contributed by atoms with van der Waals surface area (Å²) in [4.78, 5) is 10.9. The molecule has 0 atom stereocenters. The molecule has 0 unspecified atom stereocenters. The highest BCUT2D eigenvalue weighted by atomic mass is 16.5. The minimum Gasteiger partial charge on any atom is -0.367 e. The van der Waals surface area contributed by atoms with Gasteiger partial charge in [0.2, 0.25) is 5.88 Å². The Morgan fingerprint density at radius 2 is 2.36 bits per heavy atom. The van der Waals surface area contributed by atoms with Gasteiger partial charge in [0.15, 0.2) is 0 Å². The molecule has 60 valence electrons. The second-order valence-corrected chi connectivity index (χ2v) is 1.98. The Kier molecular flexibility index (Phi) is 1.77. The van der Waals surface area contributed by atoms with Crippen molar-refractivity contribution in [3.05, 3.63) is 11.3 Å². The van der Waals surface area contributed by atoms with Gasteiger partial charge in [0.1, 0.15) is 5.56 Å². The van der Waals surface area contributed by atoms with E-state index in [0.29, 0.717) is 5.69 Å². The van der Waals surface area contributed by atoms with Crippen LogP contribution in [0.4, 0.5) is 5.88 Å². The van der Waals surface area contributed by atoms with Crippen LogP contribution in [0.15, 0.2) is 4.52 Å². The maximum Gasteiger partial charge on any atom is 0.272 e. The molecule has 11 heavy (non-hydrogen) atoms. The van der Waals surface area contributed by atoms with E-state index in [0.717, 1.165) is 0 Å². The molecular formula is C5H8N4O2. The van der Waals surface area contributed by atoms with Crippen molar-refractivity contribution in [2.45, 2.75) is 6.92 Å². The Hall–Kier alpha value is -1.56. The van der Waals surface area contributed by atoms with Crippen LogP contribution >= 0.6 is 0 Å². The van der Waals surface area contributed by atoms with Crippen molar-refractivity contribution in [3.8, 4) is 0 Å². The van der Waals surface area contributed by atoms with Crippen molar-refractivity contribution in [1.29, 1.82) is 0 Å². The highest BCUT2D eigenvalue weighted by Gasteiger charge is 2.16. The number of hydrazine groups is 1. The highest BCUT2D eigenvalue weighted by molar-refractivity contribution is 5.98. The number of rotatable bonds is 1. The van der Waals surface area contributed by atoms with E-state index in [1.165, 1.54) is 0 Å². The molecule has 6 heteroatoms. The van der Waals surface area contributed by atoms with Crippen LogP contribution in [0, 0.1) is 6.92 Å². The van der Waals surface area contributed by atoms with Gasteiger partial charge in [-0.2, -0.15) is 0 Å². The second-order valence-electron chi connectivity index (χ2n) is 1.98. The summed E-state index contributed by atoms with van der Waals surface area (Å²) < 4.78 is 4.53. The van der Waals surface area contributed by atoms with Crippen molar-refractivity contribution >= 4 is 11.8 Å². The van der Waals surface area contributed by atoms with Gasteiger partial charge < -0.3 is 10.3 Å². The lowest BCUT2D eigenvalue weighted by Gasteiger charge is -1.94. The molecule has 0 saturated heterocycles. The summed E-state index contributed by atoms with van der Waals surface area (Å²) in [6.07, 6.45) is 0. The van der Waals surface area contributed by atoms with Gasteiger partial charge in [-0.25, -0.2) is 5.84 Å². The summed E-state index contributed by atoms with van der Waals surface area (Å²) in [6, 6.07) is 0. The topological polar surface area (TPSA) is 107 Å². The molecule has 0 radical (unpaired) electrons. The van der Waals surface area contributed by atoms with E-state index >= 15 is 0 Å². The minimum atomic E-state index is -0.499. The molecule has 5 N–H and O–H groups in total. The number of nitrogens with two attached hydrogens (primary N) is 2. The summed E-state index contributed by atoms with van der Waals surface area (Å²) in [6.45, 7) is 1.60. The standard InChI is InChI=1S/C5H8N4O2/c1-2-3(5(10)8-7)4(6)11-9-2/h6-7H2,1H3,(H,8,10). The lowest BCUT2D eigenvalue weighted by Crippen LogP contribution is -2.30. The zero-order chi connectivity index (χ0) is 8.43. The van der Waals surface area contributed by atoms with Gasteiger partial charge in [0.25, 0.3) is 5.91 Å². The van der Waals surface area contributed by atoms with Crippen molar-refractivity contribution in [3.63, 3.8) is 0 Å². The quantitative estimate of drug-likeness (QED) is 0.279. The second kappa shape index (κ2) is 2.59.